The smallest absolute Gasteiger partial charge is 0.145 e. The predicted octanol–water partition coefficient (Wildman–Crippen LogP) is 17.9. The minimum atomic E-state index is -0.749. The zero-order valence-corrected chi connectivity index (χ0v) is 42.4. The molecule has 352 valence electrons. The molecular weight excluding hydrogens is 877 g/mol. The van der Waals surface area contributed by atoms with E-state index in [-0.39, 0.29) is 10.8 Å². The topological polar surface area (TPSA) is 44.9 Å². The van der Waals surface area contributed by atoms with Gasteiger partial charge in [0.05, 0.1) is 22.2 Å². The number of fused-ring (bicyclic) bond motifs is 16. The monoisotopic (exact) mass is 934 g/mol. The lowest BCUT2D eigenvalue weighted by molar-refractivity contribution is 0.590. The first kappa shape index (κ1) is 44.0. The number of aromatic nitrogens is 1. The zero-order valence-electron chi connectivity index (χ0n) is 42.4. The van der Waals surface area contributed by atoms with Gasteiger partial charge in [-0.05, 0) is 146 Å². The summed E-state index contributed by atoms with van der Waals surface area (Å²) in [6, 6.07) is 63.3. The Morgan fingerprint density at radius 1 is 0.556 bits per heavy atom. The van der Waals surface area contributed by atoms with Crippen molar-refractivity contribution in [2.24, 2.45) is 10.9 Å². The lowest BCUT2D eigenvalue weighted by Gasteiger charge is -2.34. The molecule has 1 spiro atoms. The van der Waals surface area contributed by atoms with Crippen LogP contribution in [0.15, 0.2) is 197 Å². The molecule has 0 saturated heterocycles. The van der Waals surface area contributed by atoms with Gasteiger partial charge < -0.3 is 4.42 Å². The standard InChI is InChI=1S/C67H58N4O/c1-41-25-35-59(68-39-41)70(45-31-27-43(28-32-45)65(3,4)5)56-37-54-61(50-20-10-9-19-49(50)56)63-55(67(54)52-22-14-11-17-47(52)48-18-12-15-23-53(48)67)38-57(62-51-21-13-16-24-58(51)72-64(62)63)71(60-36-26-42(2)40-69-60)46-33-29-44(30-34-46)66(6,7)8/h9-24,26-41H,25H2,1-8H3. The minimum Gasteiger partial charge on any atom is -0.455 e. The van der Waals surface area contributed by atoms with Gasteiger partial charge in [-0.15, -0.1) is 0 Å². The molecule has 0 bridgehead atoms. The Bertz CT molecular complexity index is 3830. The maximum Gasteiger partial charge on any atom is 0.145 e. The van der Waals surface area contributed by atoms with Gasteiger partial charge in [0.25, 0.3) is 0 Å². The molecule has 5 nitrogen and oxygen atoms in total. The summed E-state index contributed by atoms with van der Waals surface area (Å²) in [4.78, 5) is 15.2. The van der Waals surface area contributed by atoms with Gasteiger partial charge in [0.2, 0.25) is 0 Å². The van der Waals surface area contributed by atoms with Crippen molar-refractivity contribution in [1.82, 2.24) is 4.98 Å². The summed E-state index contributed by atoms with van der Waals surface area (Å²) >= 11 is 0. The number of aryl methyl sites for hydroxylation is 1. The van der Waals surface area contributed by atoms with Crippen molar-refractivity contribution >= 4 is 67.5 Å². The van der Waals surface area contributed by atoms with Crippen molar-refractivity contribution in [1.29, 1.82) is 0 Å². The number of hydrogen-bond donors (Lipinski definition) is 0. The molecule has 0 amide bonds. The number of aliphatic imine (C=N–C) groups is 1. The Morgan fingerprint density at radius 2 is 1.11 bits per heavy atom. The highest BCUT2D eigenvalue weighted by Gasteiger charge is 2.54. The molecule has 5 heteroatoms. The van der Waals surface area contributed by atoms with Gasteiger partial charge in [-0.2, -0.15) is 0 Å². The molecule has 3 aliphatic rings. The molecule has 0 fully saturated rings. The molecule has 2 aliphatic carbocycles. The van der Waals surface area contributed by atoms with Gasteiger partial charge in [-0.25, -0.2) is 9.98 Å². The number of benzene rings is 8. The largest absolute Gasteiger partial charge is 0.455 e. The van der Waals surface area contributed by atoms with Crippen molar-refractivity contribution in [3.05, 3.63) is 227 Å². The van der Waals surface area contributed by atoms with Crippen molar-refractivity contribution in [2.45, 2.75) is 78.1 Å². The normalized spacial score (nSPS) is 15.4. The second kappa shape index (κ2) is 16.0. The second-order valence-corrected chi connectivity index (χ2v) is 22.3. The number of pyridine rings is 1. The maximum atomic E-state index is 7.43. The van der Waals surface area contributed by atoms with Crippen molar-refractivity contribution < 1.29 is 4.42 Å². The third-order valence-corrected chi connectivity index (χ3v) is 15.6. The lowest BCUT2D eigenvalue weighted by Crippen LogP contribution is -2.27. The van der Waals surface area contributed by atoms with E-state index in [1.807, 2.05) is 6.20 Å². The number of nitrogens with zero attached hydrogens (tertiary/aromatic N) is 4. The van der Waals surface area contributed by atoms with E-state index >= 15 is 0 Å². The number of allylic oxidation sites excluding steroid dienone is 1. The summed E-state index contributed by atoms with van der Waals surface area (Å²) in [5.41, 5.74) is 18.6. The average Bonchev–Trinajstić information content (AvgIpc) is 4.02. The minimum absolute atomic E-state index is 0.00451. The Kier molecular flexibility index (Phi) is 9.77. The third-order valence-electron chi connectivity index (χ3n) is 15.6. The van der Waals surface area contributed by atoms with E-state index in [9.17, 15) is 0 Å². The molecule has 3 heterocycles. The molecule has 72 heavy (non-hydrogen) atoms. The molecule has 13 rings (SSSR count). The van der Waals surface area contributed by atoms with Crippen molar-refractivity contribution in [2.75, 3.05) is 9.80 Å². The molecule has 0 N–H and O–H groups in total. The average molecular weight is 935 g/mol. The summed E-state index contributed by atoms with van der Waals surface area (Å²) in [7, 11) is 0. The van der Waals surface area contributed by atoms with Gasteiger partial charge in [-0.3, -0.25) is 9.80 Å². The fraction of sp³-hybridized carbons (Fsp3) is 0.194. The van der Waals surface area contributed by atoms with Crippen LogP contribution in [0.5, 0.6) is 0 Å². The summed E-state index contributed by atoms with van der Waals surface area (Å²) in [5.74, 6) is 2.12. The van der Waals surface area contributed by atoms with Crippen LogP contribution in [-0.2, 0) is 16.2 Å². The van der Waals surface area contributed by atoms with Crippen LogP contribution in [0.25, 0.3) is 55.0 Å². The molecule has 0 saturated carbocycles. The number of anilines is 5. The summed E-state index contributed by atoms with van der Waals surface area (Å²) in [6.45, 7) is 18.0. The number of rotatable bonds is 6. The Hall–Kier alpha value is -8.02. The number of furan rings is 1. The first-order valence-electron chi connectivity index (χ1n) is 25.5. The van der Waals surface area contributed by atoms with E-state index in [2.05, 4.69) is 247 Å². The van der Waals surface area contributed by atoms with Crippen LogP contribution in [0, 0.1) is 12.8 Å². The van der Waals surface area contributed by atoms with Crippen LogP contribution < -0.4 is 9.80 Å². The maximum absolute atomic E-state index is 7.43. The Labute approximate surface area is 422 Å². The zero-order chi connectivity index (χ0) is 49.3. The molecule has 1 atom stereocenters. The fourth-order valence-corrected chi connectivity index (χ4v) is 12.0. The quantitative estimate of drug-likeness (QED) is 0.167. The van der Waals surface area contributed by atoms with E-state index in [0.29, 0.717) is 5.92 Å². The van der Waals surface area contributed by atoms with Crippen LogP contribution in [0.2, 0.25) is 0 Å². The van der Waals surface area contributed by atoms with E-state index in [0.717, 1.165) is 79.3 Å². The van der Waals surface area contributed by atoms with E-state index in [1.165, 1.54) is 55.5 Å². The predicted molar refractivity (Wildman–Crippen MR) is 301 cm³/mol. The van der Waals surface area contributed by atoms with Crippen LogP contribution >= 0.6 is 0 Å². The Morgan fingerprint density at radius 3 is 1.71 bits per heavy atom. The molecule has 1 unspecified atom stereocenters. The summed E-state index contributed by atoms with van der Waals surface area (Å²) in [5, 5.41) is 4.43. The highest BCUT2D eigenvalue weighted by Crippen LogP contribution is 2.67. The molecule has 1 aliphatic heterocycles. The SMILES string of the molecule is Cc1ccc(N(c2ccc(C(C)(C)C)cc2)c2cc3c(c4oc5ccccc5c24)-c2c(cc(N(C4=CCC(C)C=N4)c4ccc(C(C)(C)C)cc4)c4ccccc24)C32c3ccccc3-c3ccccc32)nc1. The molecule has 2 aromatic heterocycles. The third kappa shape index (κ3) is 6.52. The van der Waals surface area contributed by atoms with Crippen LogP contribution in [0.3, 0.4) is 0 Å². The summed E-state index contributed by atoms with van der Waals surface area (Å²) in [6.07, 6.45) is 7.33. The van der Waals surface area contributed by atoms with Crippen LogP contribution in [-0.4, -0.2) is 11.2 Å². The molecule has 0 radical (unpaired) electrons. The van der Waals surface area contributed by atoms with Gasteiger partial charge in [-0.1, -0.05) is 170 Å². The van der Waals surface area contributed by atoms with E-state index < -0.39 is 5.41 Å². The molecule has 10 aromatic rings. The Balaban J connectivity index is 1.19. The van der Waals surface area contributed by atoms with E-state index in [1.54, 1.807) is 0 Å². The molecule has 8 aromatic carbocycles. The van der Waals surface area contributed by atoms with Gasteiger partial charge in [0, 0.05) is 40.1 Å². The number of para-hydroxylation sites is 1. The van der Waals surface area contributed by atoms with Crippen molar-refractivity contribution in [3.8, 4) is 22.3 Å². The second-order valence-electron chi connectivity index (χ2n) is 22.3. The number of hydrogen-bond acceptors (Lipinski definition) is 5. The first-order valence-corrected chi connectivity index (χ1v) is 25.5. The van der Waals surface area contributed by atoms with Gasteiger partial charge in [0.1, 0.15) is 22.8 Å². The van der Waals surface area contributed by atoms with Gasteiger partial charge in [0.15, 0.2) is 0 Å². The highest BCUT2D eigenvalue weighted by atomic mass is 16.3. The molecular formula is C67H58N4O. The van der Waals surface area contributed by atoms with Crippen LogP contribution in [0.4, 0.5) is 28.6 Å². The van der Waals surface area contributed by atoms with Crippen LogP contribution in [0.1, 0.15) is 93.8 Å². The van der Waals surface area contributed by atoms with Crippen molar-refractivity contribution in [3.63, 3.8) is 0 Å². The first-order chi connectivity index (χ1) is 34.8. The lowest BCUT2D eigenvalue weighted by atomic mass is 9.70. The van der Waals surface area contributed by atoms with Gasteiger partial charge >= 0.3 is 0 Å². The fourth-order valence-electron chi connectivity index (χ4n) is 12.0. The highest BCUT2D eigenvalue weighted by molar-refractivity contribution is 6.23. The van der Waals surface area contributed by atoms with E-state index in [4.69, 9.17) is 14.4 Å². The summed E-state index contributed by atoms with van der Waals surface area (Å²) < 4.78 is 7.43.